The van der Waals surface area contributed by atoms with Crippen LogP contribution in [0.5, 0.6) is 0 Å². The van der Waals surface area contributed by atoms with E-state index in [2.05, 4.69) is 25.8 Å². The first-order valence-electron chi connectivity index (χ1n) is 9.51. The van der Waals surface area contributed by atoms with Gasteiger partial charge in [0.25, 0.3) is 12.3 Å². The minimum absolute atomic E-state index is 0.0190. The Bertz CT molecular complexity index is 1110. The first kappa shape index (κ1) is 21.0. The van der Waals surface area contributed by atoms with Gasteiger partial charge in [-0.05, 0) is 18.6 Å². The second kappa shape index (κ2) is 7.80. The van der Waals surface area contributed by atoms with Crippen LogP contribution in [0.4, 0.5) is 29.2 Å². The van der Waals surface area contributed by atoms with Gasteiger partial charge in [-0.15, -0.1) is 5.10 Å². The molecule has 3 aromatic rings. The summed E-state index contributed by atoms with van der Waals surface area (Å²) in [7, 11) is 1.46. The van der Waals surface area contributed by atoms with Crippen molar-refractivity contribution in [3.8, 4) is 0 Å². The summed E-state index contributed by atoms with van der Waals surface area (Å²) in [6.07, 6.45) is -0.761. The van der Waals surface area contributed by atoms with Crippen LogP contribution in [-0.4, -0.2) is 48.3 Å². The summed E-state index contributed by atoms with van der Waals surface area (Å²) in [6.45, 7) is 0. The van der Waals surface area contributed by atoms with Gasteiger partial charge in [0.2, 0.25) is 11.9 Å². The molecule has 3 heterocycles. The number of rotatable bonds is 5. The number of nitrogens with two attached hydrogens (primary N) is 1. The Morgan fingerprint density at radius 1 is 1.32 bits per heavy atom. The number of halogens is 4. The predicted molar refractivity (Wildman–Crippen MR) is 103 cm³/mol. The maximum atomic E-state index is 13.7. The molecule has 1 aliphatic carbocycles. The van der Waals surface area contributed by atoms with Crippen molar-refractivity contribution in [3.05, 3.63) is 35.9 Å². The highest BCUT2D eigenvalue weighted by atomic mass is 19.3. The third kappa shape index (κ3) is 4.31. The molecule has 4 N–H and O–H groups in total. The number of nitrogens with zero attached hydrogens (tertiary/aromatic N) is 5. The lowest BCUT2D eigenvalue weighted by Crippen LogP contribution is -2.48. The topological polar surface area (TPSA) is 115 Å². The Balaban J connectivity index is 1.58. The Morgan fingerprint density at radius 3 is 2.84 bits per heavy atom. The quantitative estimate of drug-likeness (QED) is 0.526. The van der Waals surface area contributed by atoms with E-state index in [0.29, 0.717) is 5.52 Å². The SMILES string of the molecule is Cn1cc(NC(=O)c2ccc3cnc(N[C@@H]4CC(F)(F)CC[C@@H]4N)nn23)c(C(F)F)n1. The van der Waals surface area contributed by atoms with E-state index in [0.717, 1.165) is 0 Å². The predicted octanol–water partition coefficient (Wildman–Crippen LogP) is 2.58. The van der Waals surface area contributed by atoms with E-state index in [4.69, 9.17) is 5.73 Å². The summed E-state index contributed by atoms with van der Waals surface area (Å²) in [5.41, 5.74) is 5.77. The van der Waals surface area contributed by atoms with E-state index in [9.17, 15) is 22.4 Å². The molecule has 1 aliphatic rings. The number of nitrogens with one attached hydrogen (secondary N) is 2. The van der Waals surface area contributed by atoms with Crippen molar-refractivity contribution in [3.63, 3.8) is 0 Å². The van der Waals surface area contributed by atoms with E-state index in [1.807, 2.05) is 0 Å². The molecule has 4 rings (SSSR count). The number of hydrogen-bond acceptors (Lipinski definition) is 6. The van der Waals surface area contributed by atoms with Crippen LogP contribution < -0.4 is 16.4 Å². The van der Waals surface area contributed by atoms with Crippen LogP contribution in [0, 0.1) is 0 Å². The molecule has 9 nitrogen and oxygen atoms in total. The summed E-state index contributed by atoms with van der Waals surface area (Å²) < 4.78 is 56.2. The van der Waals surface area contributed by atoms with Gasteiger partial charge in [-0.25, -0.2) is 27.1 Å². The third-order valence-corrected chi connectivity index (χ3v) is 5.14. The first-order valence-corrected chi connectivity index (χ1v) is 9.51. The van der Waals surface area contributed by atoms with Crippen molar-refractivity contribution < 1.29 is 22.4 Å². The van der Waals surface area contributed by atoms with Gasteiger partial charge >= 0.3 is 0 Å². The van der Waals surface area contributed by atoms with Gasteiger partial charge in [-0.1, -0.05) is 0 Å². The first-order chi connectivity index (χ1) is 14.6. The molecule has 1 amide bonds. The number of alkyl halides is 4. The molecule has 2 atom stereocenters. The maximum Gasteiger partial charge on any atom is 0.284 e. The monoisotopic (exact) mass is 440 g/mol. The molecule has 1 fully saturated rings. The molecule has 1 saturated carbocycles. The normalized spacial score (nSPS) is 20.9. The van der Waals surface area contributed by atoms with Crippen molar-refractivity contribution >= 4 is 23.1 Å². The Labute approximate surface area is 173 Å². The lowest BCUT2D eigenvalue weighted by molar-refractivity contribution is -0.0415. The van der Waals surface area contributed by atoms with Crippen molar-refractivity contribution in [2.45, 2.75) is 43.7 Å². The molecule has 0 saturated heterocycles. The summed E-state index contributed by atoms with van der Waals surface area (Å²) in [5.74, 6) is -3.51. The second-order valence-electron chi connectivity index (χ2n) is 7.51. The molecule has 0 aliphatic heterocycles. The molecule has 0 spiro atoms. The van der Waals surface area contributed by atoms with Crippen LogP contribution in [0.3, 0.4) is 0 Å². The zero-order valence-electron chi connectivity index (χ0n) is 16.4. The molecule has 0 bridgehead atoms. The molecule has 166 valence electrons. The van der Waals surface area contributed by atoms with Gasteiger partial charge in [-0.2, -0.15) is 5.10 Å². The van der Waals surface area contributed by atoms with E-state index in [1.165, 1.54) is 34.7 Å². The van der Waals surface area contributed by atoms with Gasteiger partial charge in [0.1, 0.15) is 5.69 Å². The highest BCUT2D eigenvalue weighted by Crippen LogP contribution is 2.33. The highest BCUT2D eigenvalue weighted by molar-refractivity contribution is 6.04. The molecular formula is C18H20F4N8O. The standard InChI is InChI=1S/C18H20F4N8O/c1-29-8-12(14(27-29)15(19)20)25-16(31)13-3-2-9-7-24-17(28-30(9)13)26-11-6-18(21,22)5-4-10(11)23/h2-3,7-8,10-11,15H,4-6,23H2,1H3,(H,25,31)(H,26,28)/t10-,11+/m0/s1. The second-order valence-corrected chi connectivity index (χ2v) is 7.51. The average Bonchev–Trinajstić information content (AvgIpc) is 3.27. The summed E-state index contributed by atoms with van der Waals surface area (Å²) in [6, 6.07) is 1.78. The van der Waals surface area contributed by atoms with Gasteiger partial charge in [-0.3, -0.25) is 9.48 Å². The fourth-order valence-corrected chi connectivity index (χ4v) is 3.57. The van der Waals surface area contributed by atoms with Crippen molar-refractivity contribution in [1.82, 2.24) is 24.4 Å². The van der Waals surface area contributed by atoms with Crippen LogP contribution in [0.25, 0.3) is 5.52 Å². The van der Waals surface area contributed by atoms with Gasteiger partial charge < -0.3 is 16.4 Å². The van der Waals surface area contributed by atoms with E-state index in [1.54, 1.807) is 6.07 Å². The Morgan fingerprint density at radius 2 is 2.10 bits per heavy atom. The number of amides is 1. The molecule has 31 heavy (non-hydrogen) atoms. The van der Waals surface area contributed by atoms with Gasteiger partial charge in [0, 0.05) is 38.2 Å². The van der Waals surface area contributed by atoms with Gasteiger partial charge in [0.05, 0.1) is 17.4 Å². The number of aryl methyl sites for hydroxylation is 1. The van der Waals surface area contributed by atoms with Crippen molar-refractivity contribution in [2.24, 2.45) is 12.8 Å². The number of carbonyl (C=O) groups is 1. The molecule has 0 radical (unpaired) electrons. The largest absolute Gasteiger partial charge is 0.348 e. The van der Waals surface area contributed by atoms with Crippen LogP contribution in [0.15, 0.2) is 24.5 Å². The minimum Gasteiger partial charge on any atom is -0.348 e. The van der Waals surface area contributed by atoms with Crippen LogP contribution in [0.1, 0.15) is 41.9 Å². The Kier molecular flexibility index (Phi) is 5.29. The highest BCUT2D eigenvalue weighted by Gasteiger charge is 2.40. The summed E-state index contributed by atoms with van der Waals surface area (Å²) >= 11 is 0. The smallest absolute Gasteiger partial charge is 0.284 e. The fraction of sp³-hybridized carbons (Fsp3) is 0.444. The molecule has 3 aromatic heterocycles. The number of hydrogen-bond donors (Lipinski definition) is 3. The van der Waals surface area contributed by atoms with E-state index < -0.39 is 42.5 Å². The molecule has 13 heteroatoms. The summed E-state index contributed by atoms with van der Waals surface area (Å²) in [5, 5.41) is 13.1. The number of carbonyl (C=O) groups excluding carboxylic acids is 1. The van der Waals surface area contributed by atoms with E-state index in [-0.39, 0.29) is 30.2 Å². The summed E-state index contributed by atoms with van der Waals surface area (Å²) in [4.78, 5) is 16.8. The van der Waals surface area contributed by atoms with Crippen LogP contribution in [0.2, 0.25) is 0 Å². The molecule has 0 aromatic carbocycles. The number of anilines is 2. The zero-order chi connectivity index (χ0) is 22.3. The third-order valence-electron chi connectivity index (χ3n) is 5.14. The minimum atomic E-state index is -2.86. The lowest BCUT2D eigenvalue weighted by Gasteiger charge is -2.34. The fourth-order valence-electron chi connectivity index (χ4n) is 3.57. The van der Waals surface area contributed by atoms with Crippen LogP contribution in [-0.2, 0) is 7.05 Å². The molecule has 0 unspecified atom stereocenters. The van der Waals surface area contributed by atoms with Crippen molar-refractivity contribution in [1.29, 1.82) is 0 Å². The average molecular weight is 440 g/mol. The number of fused-ring (bicyclic) bond motifs is 1. The van der Waals surface area contributed by atoms with E-state index >= 15 is 0 Å². The number of aromatic nitrogens is 5. The zero-order valence-corrected chi connectivity index (χ0v) is 16.4. The Hall–Kier alpha value is -3.22. The maximum absolute atomic E-state index is 13.7. The molecular weight excluding hydrogens is 420 g/mol. The van der Waals surface area contributed by atoms with Crippen LogP contribution >= 0.6 is 0 Å². The van der Waals surface area contributed by atoms with Gasteiger partial charge in [0.15, 0.2) is 5.69 Å². The van der Waals surface area contributed by atoms with Crippen molar-refractivity contribution in [2.75, 3.05) is 10.6 Å². The lowest BCUT2D eigenvalue weighted by atomic mass is 9.88.